The maximum atomic E-state index is 3.55. The molecule has 0 amide bonds. The molecule has 1 aliphatic rings. The minimum absolute atomic E-state index is 0. The smallest absolute Gasteiger partial charge is 1.00 e. The number of halogens is 2. The van der Waals surface area contributed by atoms with Gasteiger partial charge in [-0.3, -0.25) is 0 Å². The van der Waals surface area contributed by atoms with Crippen LogP contribution in [0, 0.1) is 6.07 Å². The fourth-order valence-electron chi connectivity index (χ4n) is 3.58. The van der Waals surface area contributed by atoms with Gasteiger partial charge in [0.2, 0.25) is 0 Å². The molecule has 4 rings (SSSR count). The number of hydrogen-bond donors (Lipinski definition) is 0. The van der Waals surface area contributed by atoms with E-state index in [9.17, 15) is 0 Å². The van der Waals surface area contributed by atoms with Crippen molar-refractivity contribution in [2.75, 3.05) is 0 Å². The average Bonchev–Trinajstić information content (AvgIpc) is 3.31. The van der Waals surface area contributed by atoms with Gasteiger partial charge in [0.05, 0.1) is 0 Å². The Labute approximate surface area is 230 Å². The molecule has 32 heavy (non-hydrogen) atoms. The predicted octanol–water partition coefficient (Wildman–Crippen LogP) is 1.58. The molecule has 1 aliphatic carbocycles. The molecular weight excluding hydrogens is 614 g/mol. The molecule has 0 fully saturated rings. The van der Waals surface area contributed by atoms with E-state index in [4.69, 9.17) is 0 Å². The zero-order chi connectivity index (χ0) is 21.7. The zero-order valence-corrected chi connectivity index (χ0v) is 27.1. The molecule has 0 atom stereocenters. The molecule has 3 aromatic carbocycles. The van der Waals surface area contributed by atoms with E-state index in [1.54, 1.807) is 0 Å². The Morgan fingerprint density at radius 2 is 1.41 bits per heavy atom. The Hall–Kier alpha value is -0.543. The third-order valence-electron chi connectivity index (χ3n) is 5.08. The van der Waals surface area contributed by atoms with Crippen LogP contribution in [0.3, 0.4) is 0 Å². The molecule has 1 radical (unpaired) electrons. The zero-order valence-electron chi connectivity index (χ0n) is 20.8. The standard InChI is InChI=1S/C21H25.C5H5.C2H7Si.2ClH.Hf/c1-20(2,3)15-11-10-14-12-18-16(17(14)13-15)8-7-9-19(18)21(4,5)6;1-2-4-5-3-1;1-3-2;;;/h7-9,11,13H,12H2,1-6H3;1-5H;3H,1-2H3;2*1H;/q2*-1;;;;+4/p-2. The molecule has 0 saturated carbocycles. The van der Waals surface area contributed by atoms with Crippen molar-refractivity contribution in [2.45, 2.75) is 71.9 Å². The van der Waals surface area contributed by atoms with Crippen molar-refractivity contribution in [3.8, 4) is 11.1 Å². The molecule has 0 aromatic heterocycles. The summed E-state index contributed by atoms with van der Waals surface area (Å²) in [5, 5.41) is 0. The van der Waals surface area contributed by atoms with E-state index in [0.29, 0.717) is 0 Å². The Bertz CT molecular complexity index is 887. The fraction of sp³-hybridized carbons (Fsp3) is 0.393. The monoisotopic (exact) mass is 651 g/mol. The summed E-state index contributed by atoms with van der Waals surface area (Å²) in [6, 6.07) is 24.9. The number of rotatable bonds is 0. The van der Waals surface area contributed by atoms with E-state index in [-0.39, 0.29) is 61.5 Å². The Kier molecular flexibility index (Phi) is 15.4. The number of benzene rings is 2. The summed E-state index contributed by atoms with van der Waals surface area (Å²) in [6.07, 6.45) is 1.03. The van der Waals surface area contributed by atoms with Gasteiger partial charge in [0.1, 0.15) is 0 Å². The van der Waals surface area contributed by atoms with E-state index < -0.39 is 0 Å². The first kappa shape index (κ1) is 33.6. The summed E-state index contributed by atoms with van der Waals surface area (Å²) >= 11 is 0. The van der Waals surface area contributed by atoms with Gasteiger partial charge in [0, 0.05) is 9.52 Å². The number of fused-ring (bicyclic) bond motifs is 3. The second-order valence-electron chi connectivity index (χ2n) is 9.83. The average molecular weight is 651 g/mol. The second kappa shape index (κ2) is 14.7. The quantitative estimate of drug-likeness (QED) is 0.201. The van der Waals surface area contributed by atoms with E-state index >= 15 is 0 Å². The molecule has 4 heteroatoms. The van der Waals surface area contributed by atoms with Gasteiger partial charge in [0.15, 0.2) is 0 Å². The van der Waals surface area contributed by atoms with Crippen LogP contribution in [0.5, 0.6) is 0 Å². The molecule has 0 heterocycles. The normalized spacial score (nSPS) is 11.0. The molecule has 0 spiro atoms. The fourth-order valence-corrected chi connectivity index (χ4v) is 3.58. The van der Waals surface area contributed by atoms with Crippen molar-refractivity contribution in [1.82, 2.24) is 0 Å². The van der Waals surface area contributed by atoms with Crippen molar-refractivity contribution in [3.05, 3.63) is 89.0 Å². The Balaban J connectivity index is 0. The van der Waals surface area contributed by atoms with Crippen molar-refractivity contribution < 1.29 is 50.7 Å². The third-order valence-corrected chi connectivity index (χ3v) is 5.08. The van der Waals surface area contributed by atoms with Gasteiger partial charge in [-0.15, -0.1) is 5.56 Å². The Morgan fingerprint density at radius 1 is 0.844 bits per heavy atom. The summed E-state index contributed by atoms with van der Waals surface area (Å²) in [5.41, 5.74) is 8.88. The van der Waals surface area contributed by atoms with Gasteiger partial charge in [-0.05, 0) is 23.0 Å². The molecular formula is C28H37Cl2HfSi. The largest absolute Gasteiger partial charge is 4.00 e. The van der Waals surface area contributed by atoms with Crippen LogP contribution in [0.2, 0.25) is 13.1 Å². The van der Waals surface area contributed by atoms with Gasteiger partial charge in [-0.25, -0.2) is 12.1 Å². The van der Waals surface area contributed by atoms with Crippen molar-refractivity contribution in [1.29, 1.82) is 0 Å². The van der Waals surface area contributed by atoms with Gasteiger partial charge in [-0.2, -0.15) is 47.5 Å². The minimum Gasteiger partial charge on any atom is -1.00 e. The first-order chi connectivity index (χ1) is 13.6. The first-order valence-electron chi connectivity index (χ1n) is 10.7. The predicted molar refractivity (Wildman–Crippen MR) is 132 cm³/mol. The van der Waals surface area contributed by atoms with Gasteiger partial charge in [-0.1, -0.05) is 83.8 Å². The maximum absolute atomic E-state index is 3.55. The molecule has 0 nitrogen and oxygen atoms in total. The van der Waals surface area contributed by atoms with Crippen molar-refractivity contribution >= 4 is 9.52 Å². The van der Waals surface area contributed by atoms with Gasteiger partial charge >= 0.3 is 25.8 Å². The Morgan fingerprint density at radius 3 is 1.84 bits per heavy atom. The minimum atomic E-state index is 0. The van der Waals surface area contributed by atoms with Crippen molar-refractivity contribution in [3.63, 3.8) is 0 Å². The molecule has 0 bridgehead atoms. The van der Waals surface area contributed by atoms with Gasteiger partial charge < -0.3 is 24.8 Å². The van der Waals surface area contributed by atoms with Crippen LogP contribution < -0.4 is 24.8 Å². The topological polar surface area (TPSA) is 0 Å². The van der Waals surface area contributed by atoms with Crippen LogP contribution in [0.4, 0.5) is 0 Å². The number of hydrogen-bond acceptors (Lipinski definition) is 0. The van der Waals surface area contributed by atoms with Crippen LogP contribution in [0.15, 0.2) is 60.7 Å². The molecule has 0 saturated heterocycles. The van der Waals surface area contributed by atoms with E-state index in [0.717, 1.165) is 15.9 Å². The van der Waals surface area contributed by atoms with E-state index in [1.165, 1.54) is 33.4 Å². The first-order valence-corrected chi connectivity index (χ1v) is 13.0. The van der Waals surface area contributed by atoms with E-state index in [2.05, 4.69) is 91.0 Å². The summed E-state index contributed by atoms with van der Waals surface area (Å²) in [7, 11) is 0.750. The molecule has 0 unspecified atom stereocenters. The van der Waals surface area contributed by atoms with Crippen LogP contribution >= 0.6 is 0 Å². The summed E-state index contributed by atoms with van der Waals surface area (Å²) < 4.78 is 0. The molecule has 0 aliphatic heterocycles. The summed E-state index contributed by atoms with van der Waals surface area (Å²) in [4.78, 5) is 0. The van der Waals surface area contributed by atoms with Crippen LogP contribution in [-0.4, -0.2) is 9.52 Å². The second-order valence-corrected chi connectivity index (χ2v) is 11.0. The maximum Gasteiger partial charge on any atom is 4.00 e. The summed E-state index contributed by atoms with van der Waals surface area (Å²) in [5.74, 6) is 0. The van der Waals surface area contributed by atoms with Crippen LogP contribution in [0.1, 0.15) is 63.8 Å². The third kappa shape index (κ3) is 9.01. The van der Waals surface area contributed by atoms with Crippen molar-refractivity contribution in [2.24, 2.45) is 0 Å². The SMILES string of the molecule is CC(C)(C)c1c[c-]c2c(c1)-c1cccc(C(C)(C)C)c1C2.C[SiH]C.[Cl-].[Cl-].[Hf+4].c1cc[cH-]c1. The van der Waals surface area contributed by atoms with E-state index in [1.807, 2.05) is 30.3 Å². The van der Waals surface area contributed by atoms with Crippen LogP contribution in [-0.2, 0) is 43.1 Å². The summed E-state index contributed by atoms with van der Waals surface area (Å²) in [6.45, 7) is 18.1. The molecule has 171 valence electrons. The van der Waals surface area contributed by atoms with Gasteiger partial charge in [0.25, 0.3) is 0 Å². The molecule has 3 aromatic rings. The van der Waals surface area contributed by atoms with Crippen LogP contribution in [0.25, 0.3) is 11.1 Å². The molecule has 0 N–H and O–H groups in total.